The second kappa shape index (κ2) is 11.2. The average Bonchev–Trinajstić information content (AvgIpc) is 3.22. The summed E-state index contributed by atoms with van der Waals surface area (Å²) in [6.07, 6.45) is 0. The normalized spacial score (nSPS) is 15.8. The van der Waals surface area contributed by atoms with Crippen molar-refractivity contribution in [3.8, 4) is 44.8 Å². The van der Waals surface area contributed by atoms with Crippen LogP contribution in [0, 0.1) is 0 Å². The van der Waals surface area contributed by atoms with Crippen LogP contribution in [0.25, 0.3) is 66.6 Å². The number of fused-ring (bicyclic) bond motifs is 6. The Bertz CT molecular complexity index is 2250. The second-order valence-corrected chi connectivity index (χ2v) is 13.3. The number of rotatable bonds is 4. The first-order valence-electron chi connectivity index (χ1n) is 15.0. The van der Waals surface area contributed by atoms with Crippen LogP contribution in [0.4, 0.5) is 26.3 Å². The molecule has 2 aromatic heterocycles. The Balaban J connectivity index is 1.73. The van der Waals surface area contributed by atoms with Crippen molar-refractivity contribution in [1.29, 1.82) is 0 Å². The fourth-order valence-electron chi connectivity index (χ4n) is 6.67. The summed E-state index contributed by atoms with van der Waals surface area (Å²) in [5, 5.41) is -1.06. The summed E-state index contributed by atoms with van der Waals surface area (Å²) < 4.78 is 97.4. The lowest BCUT2D eigenvalue weighted by Gasteiger charge is -2.24. The maximum absolute atomic E-state index is 16.4. The topological polar surface area (TPSA) is 25.8 Å². The third-order valence-corrected chi connectivity index (χ3v) is 10.4. The molecule has 2 nitrogen and oxygen atoms in total. The molecular weight excluding hydrogens is 770 g/mol. The maximum Gasteiger partial charge on any atom is 0.380 e. The van der Waals surface area contributed by atoms with Crippen molar-refractivity contribution in [2.45, 2.75) is 17.8 Å². The highest BCUT2D eigenvalue weighted by molar-refractivity contribution is 9.11. The Hall–Kier alpha value is -4.54. The Kier molecular flexibility index (Phi) is 7.28. The van der Waals surface area contributed by atoms with E-state index >= 15 is 26.3 Å². The smallest absolute Gasteiger partial charge is 0.244 e. The zero-order valence-electron chi connectivity index (χ0n) is 25.0. The van der Waals surface area contributed by atoms with Gasteiger partial charge in [0.1, 0.15) is 0 Å². The fraction of sp³-hybridized carbons (Fsp3) is 0.0769. The van der Waals surface area contributed by atoms with E-state index < -0.39 is 39.7 Å². The number of alkyl halides is 6. The van der Waals surface area contributed by atoms with E-state index in [0.29, 0.717) is 33.6 Å². The van der Waals surface area contributed by atoms with Crippen molar-refractivity contribution in [3.05, 3.63) is 141 Å². The van der Waals surface area contributed by atoms with Gasteiger partial charge in [-0.1, -0.05) is 121 Å². The summed E-state index contributed by atoms with van der Waals surface area (Å²) in [6.45, 7) is 0. The van der Waals surface area contributed by atoms with Gasteiger partial charge in [0.05, 0.1) is 31.4 Å². The molecule has 49 heavy (non-hydrogen) atoms. The standard InChI is InChI=1S/C39H20Br2F6N2/c40-31-25(21-13-5-1-6-14-21)27-29-30(38(44,45)39(46,47)37(29,42)43)28-26(22-15-7-2-8-16-22)32(41)34(24-19-11-4-12-20-24)49-36(28)35(27)48-33(31)23-17-9-3-10-18-23/h1-20H. The molecule has 0 unspecified atom stereocenters. The SMILES string of the molecule is FC1(F)c2c(c3c(-c4ccccc4)c(Br)c(-c4ccccc4)nc3c3nc(-c4ccccc4)c(Br)c(-c4ccccc4)c23)C(F)(F)C1(F)F. The van der Waals surface area contributed by atoms with Crippen LogP contribution >= 0.6 is 31.9 Å². The number of hydrogen-bond donors (Lipinski definition) is 0. The number of benzene rings is 5. The van der Waals surface area contributed by atoms with Gasteiger partial charge in [-0.25, -0.2) is 9.97 Å². The van der Waals surface area contributed by atoms with Crippen LogP contribution in [0.1, 0.15) is 11.1 Å². The van der Waals surface area contributed by atoms with E-state index in [9.17, 15) is 0 Å². The van der Waals surface area contributed by atoms with E-state index in [1.54, 1.807) is 121 Å². The molecule has 1 aliphatic rings. The van der Waals surface area contributed by atoms with E-state index in [1.807, 2.05) is 0 Å². The van der Waals surface area contributed by atoms with Crippen LogP contribution in [0.5, 0.6) is 0 Å². The zero-order valence-corrected chi connectivity index (χ0v) is 28.1. The molecule has 1 aliphatic carbocycles. The van der Waals surface area contributed by atoms with Crippen molar-refractivity contribution in [1.82, 2.24) is 9.97 Å². The van der Waals surface area contributed by atoms with Gasteiger partial charge in [0, 0.05) is 44.2 Å². The van der Waals surface area contributed by atoms with Gasteiger partial charge in [0.25, 0.3) is 0 Å². The van der Waals surface area contributed by atoms with Gasteiger partial charge in [-0.3, -0.25) is 0 Å². The molecule has 0 radical (unpaired) electrons. The van der Waals surface area contributed by atoms with Gasteiger partial charge < -0.3 is 0 Å². The Morgan fingerprint density at radius 1 is 0.408 bits per heavy atom. The Morgan fingerprint density at radius 2 is 0.694 bits per heavy atom. The summed E-state index contributed by atoms with van der Waals surface area (Å²) in [4.78, 5) is 9.70. The first-order chi connectivity index (χ1) is 23.5. The van der Waals surface area contributed by atoms with Crippen LogP contribution in [-0.2, 0) is 11.8 Å². The lowest BCUT2D eigenvalue weighted by atomic mass is 9.87. The van der Waals surface area contributed by atoms with Crippen molar-refractivity contribution < 1.29 is 26.3 Å². The minimum atomic E-state index is -5.78. The summed E-state index contributed by atoms with van der Waals surface area (Å²) in [5.41, 5.74) is -0.954. The molecule has 2 heterocycles. The van der Waals surface area contributed by atoms with Gasteiger partial charge in [0.2, 0.25) is 0 Å². The van der Waals surface area contributed by atoms with Crippen molar-refractivity contribution in [2.75, 3.05) is 0 Å². The number of hydrogen-bond acceptors (Lipinski definition) is 2. The summed E-state index contributed by atoms with van der Waals surface area (Å²) in [7, 11) is 0. The molecule has 0 amide bonds. The van der Waals surface area contributed by atoms with Gasteiger partial charge >= 0.3 is 17.8 Å². The highest BCUT2D eigenvalue weighted by Gasteiger charge is 2.80. The van der Waals surface area contributed by atoms with E-state index in [1.165, 1.54) is 0 Å². The Morgan fingerprint density at radius 3 is 1.00 bits per heavy atom. The summed E-state index contributed by atoms with van der Waals surface area (Å²) in [5.74, 6) is -16.4. The van der Waals surface area contributed by atoms with Crippen LogP contribution in [0.2, 0.25) is 0 Å². The molecule has 242 valence electrons. The van der Waals surface area contributed by atoms with E-state index in [4.69, 9.17) is 9.97 Å². The molecule has 0 spiro atoms. The maximum atomic E-state index is 16.4. The Labute approximate surface area is 292 Å². The van der Waals surface area contributed by atoms with Crippen LogP contribution in [0.3, 0.4) is 0 Å². The molecule has 7 aromatic rings. The molecule has 5 aromatic carbocycles. The highest BCUT2D eigenvalue weighted by Crippen LogP contribution is 2.67. The number of nitrogens with zero attached hydrogens (tertiary/aromatic N) is 2. The number of halogens is 8. The van der Waals surface area contributed by atoms with E-state index in [2.05, 4.69) is 31.9 Å². The summed E-state index contributed by atoms with van der Waals surface area (Å²) in [6, 6.07) is 34.1. The molecule has 0 fully saturated rings. The van der Waals surface area contributed by atoms with Crippen LogP contribution in [-0.4, -0.2) is 15.9 Å². The fourth-order valence-corrected chi connectivity index (χ4v) is 8.16. The molecule has 10 heteroatoms. The van der Waals surface area contributed by atoms with Crippen molar-refractivity contribution in [2.24, 2.45) is 0 Å². The van der Waals surface area contributed by atoms with Crippen LogP contribution < -0.4 is 0 Å². The van der Waals surface area contributed by atoms with Gasteiger partial charge in [0.15, 0.2) is 0 Å². The molecule has 0 aliphatic heterocycles. The predicted octanol–water partition coefficient (Wildman–Crippen LogP) is 12.8. The van der Waals surface area contributed by atoms with Crippen molar-refractivity contribution in [3.63, 3.8) is 0 Å². The third-order valence-electron chi connectivity index (χ3n) is 8.89. The van der Waals surface area contributed by atoms with E-state index in [-0.39, 0.29) is 31.1 Å². The van der Waals surface area contributed by atoms with Gasteiger partial charge in [-0.2, -0.15) is 26.3 Å². The number of pyridine rings is 2. The second-order valence-electron chi connectivity index (χ2n) is 11.7. The molecule has 0 N–H and O–H groups in total. The minimum absolute atomic E-state index is 0.0167. The largest absolute Gasteiger partial charge is 0.380 e. The average molecular weight is 790 g/mol. The third kappa shape index (κ3) is 4.46. The molecule has 8 rings (SSSR count). The van der Waals surface area contributed by atoms with Gasteiger partial charge in [-0.05, 0) is 43.0 Å². The highest BCUT2D eigenvalue weighted by atomic mass is 79.9. The first kappa shape index (κ1) is 31.7. The molecule has 0 saturated carbocycles. The van der Waals surface area contributed by atoms with Gasteiger partial charge in [-0.15, -0.1) is 0 Å². The predicted molar refractivity (Wildman–Crippen MR) is 187 cm³/mol. The summed E-state index contributed by atoms with van der Waals surface area (Å²) >= 11 is 7.09. The molecular formula is C39H20Br2F6N2. The zero-order chi connectivity index (χ0) is 34.3. The lowest BCUT2D eigenvalue weighted by Crippen LogP contribution is -2.43. The lowest BCUT2D eigenvalue weighted by molar-refractivity contribution is -0.301. The molecule has 0 bridgehead atoms. The van der Waals surface area contributed by atoms with E-state index in [0.717, 1.165) is 0 Å². The monoisotopic (exact) mass is 788 g/mol. The van der Waals surface area contributed by atoms with Crippen LogP contribution in [0.15, 0.2) is 130 Å². The molecule has 0 atom stereocenters. The number of aromatic nitrogens is 2. The minimum Gasteiger partial charge on any atom is -0.244 e. The quantitative estimate of drug-likeness (QED) is 0.131. The first-order valence-corrected chi connectivity index (χ1v) is 16.6. The van der Waals surface area contributed by atoms with Crippen molar-refractivity contribution >= 4 is 53.7 Å². The molecule has 0 saturated heterocycles.